The molecular formula is C19H38N2. The molecule has 0 bridgehead atoms. The number of piperidine rings is 1. The van der Waals surface area contributed by atoms with E-state index in [0.717, 1.165) is 18.5 Å². The van der Waals surface area contributed by atoms with Crippen molar-refractivity contribution in [1.82, 2.24) is 10.2 Å². The lowest BCUT2D eigenvalue weighted by molar-refractivity contribution is 0.0443. The average molecular weight is 295 g/mol. The van der Waals surface area contributed by atoms with Crippen molar-refractivity contribution in [2.24, 2.45) is 16.7 Å². The minimum absolute atomic E-state index is 0.387. The monoisotopic (exact) mass is 294 g/mol. The first-order valence-electron chi connectivity index (χ1n) is 9.10. The van der Waals surface area contributed by atoms with E-state index in [-0.39, 0.29) is 0 Å². The Hall–Kier alpha value is -0.0800. The topological polar surface area (TPSA) is 15.3 Å². The first kappa shape index (κ1) is 17.3. The molecule has 2 unspecified atom stereocenters. The zero-order valence-corrected chi connectivity index (χ0v) is 15.3. The summed E-state index contributed by atoms with van der Waals surface area (Å²) in [5.74, 6) is 0.872. The van der Waals surface area contributed by atoms with Gasteiger partial charge in [-0.15, -0.1) is 0 Å². The first-order valence-corrected chi connectivity index (χ1v) is 9.10. The van der Waals surface area contributed by atoms with Gasteiger partial charge in [-0.25, -0.2) is 0 Å². The van der Waals surface area contributed by atoms with Crippen molar-refractivity contribution < 1.29 is 0 Å². The van der Waals surface area contributed by atoms with Gasteiger partial charge >= 0.3 is 0 Å². The number of hydrogen-bond donors (Lipinski definition) is 1. The normalized spacial score (nSPS) is 29.4. The smallest absolute Gasteiger partial charge is 0.0198 e. The molecule has 2 nitrogen and oxygen atoms in total. The Bertz CT molecular complexity index is 319. The second kappa shape index (κ2) is 6.58. The van der Waals surface area contributed by atoms with Crippen LogP contribution in [0.25, 0.3) is 0 Å². The highest BCUT2D eigenvalue weighted by molar-refractivity contribution is 4.91. The molecule has 1 saturated carbocycles. The summed E-state index contributed by atoms with van der Waals surface area (Å²) in [5.41, 5.74) is 0.847. The molecule has 2 fully saturated rings. The van der Waals surface area contributed by atoms with Gasteiger partial charge in [0.25, 0.3) is 0 Å². The molecule has 21 heavy (non-hydrogen) atoms. The molecule has 2 aliphatic rings. The molecule has 0 aromatic rings. The van der Waals surface area contributed by atoms with Gasteiger partial charge in [-0.2, -0.15) is 0 Å². The Morgan fingerprint density at radius 1 is 0.952 bits per heavy atom. The SMILES string of the molecule is CC(C)(C)CNC1CC(CC(C)(C)C)CN(C2CCC2)C1. The van der Waals surface area contributed by atoms with Gasteiger partial charge in [0.15, 0.2) is 0 Å². The summed E-state index contributed by atoms with van der Waals surface area (Å²) < 4.78 is 0. The highest BCUT2D eigenvalue weighted by atomic mass is 15.2. The van der Waals surface area contributed by atoms with Gasteiger partial charge in [0, 0.05) is 31.7 Å². The van der Waals surface area contributed by atoms with Gasteiger partial charge in [0.2, 0.25) is 0 Å². The molecule has 1 heterocycles. The molecule has 1 aliphatic heterocycles. The molecule has 2 rings (SSSR count). The van der Waals surface area contributed by atoms with E-state index >= 15 is 0 Å². The zero-order chi connectivity index (χ0) is 15.7. The van der Waals surface area contributed by atoms with Crippen LogP contribution in [-0.4, -0.2) is 36.6 Å². The van der Waals surface area contributed by atoms with Crippen LogP contribution in [0.1, 0.15) is 73.6 Å². The van der Waals surface area contributed by atoms with E-state index in [1.165, 1.54) is 45.2 Å². The van der Waals surface area contributed by atoms with Crippen LogP contribution in [0.2, 0.25) is 0 Å². The predicted octanol–water partition coefficient (Wildman–Crippen LogP) is 4.30. The maximum absolute atomic E-state index is 3.87. The lowest BCUT2D eigenvalue weighted by atomic mass is 9.78. The van der Waals surface area contributed by atoms with Crippen molar-refractivity contribution >= 4 is 0 Å². The van der Waals surface area contributed by atoms with Gasteiger partial charge in [-0.05, 0) is 42.4 Å². The molecule has 0 amide bonds. The Morgan fingerprint density at radius 2 is 1.62 bits per heavy atom. The van der Waals surface area contributed by atoms with Crippen molar-refractivity contribution in [3.05, 3.63) is 0 Å². The van der Waals surface area contributed by atoms with Crippen LogP contribution in [0.15, 0.2) is 0 Å². The number of hydrogen-bond acceptors (Lipinski definition) is 2. The molecule has 0 aromatic heterocycles. The molecule has 2 heteroatoms. The highest BCUT2D eigenvalue weighted by Crippen LogP contribution is 2.34. The number of nitrogens with zero attached hydrogens (tertiary/aromatic N) is 1. The average Bonchev–Trinajstić information content (AvgIpc) is 2.20. The summed E-state index contributed by atoms with van der Waals surface area (Å²) in [7, 11) is 0. The van der Waals surface area contributed by atoms with E-state index in [1.54, 1.807) is 0 Å². The molecule has 124 valence electrons. The largest absolute Gasteiger partial charge is 0.312 e. The van der Waals surface area contributed by atoms with Crippen molar-refractivity contribution in [1.29, 1.82) is 0 Å². The van der Waals surface area contributed by atoms with Crippen molar-refractivity contribution in [2.75, 3.05) is 19.6 Å². The van der Waals surface area contributed by atoms with E-state index in [1.807, 2.05) is 0 Å². The lowest BCUT2D eigenvalue weighted by Gasteiger charge is -2.47. The van der Waals surface area contributed by atoms with Crippen LogP contribution in [0, 0.1) is 16.7 Å². The Kier molecular flexibility index (Phi) is 5.41. The van der Waals surface area contributed by atoms with Crippen LogP contribution in [-0.2, 0) is 0 Å². The minimum atomic E-state index is 0.387. The van der Waals surface area contributed by atoms with E-state index in [4.69, 9.17) is 0 Å². The predicted molar refractivity (Wildman–Crippen MR) is 92.6 cm³/mol. The number of likely N-dealkylation sites (tertiary alicyclic amines) is 1. The van der Waals surface area contributed by atoms with Crippen LogP contribution in [0.4, 0.5) is 0 Å². The molecule has 1 N–H and O–H groups in total. The molecule has 1 aliphatic carbocycles. The standard InChI is InChI=1S/C19H38N2/c1-18(2,3)11-15-10-16(20-14-19(4,5)6)13-21(12-15)17-8-7-9-17/h15-17,20H,7-14H2,1-6H3. The summed E-state index contributed by atoms with van der Waals surface area (Å²) in [6.45, 7) is 17.9. The third kappa shape index (κ3) is 5.90. The van der Waals surface area contributed by atoms with Gasteiger partial charge in [0.05, 0.1) is 0 Å². The van der Waals surface area contributed by atoms with E-state index in [2.05, 4.69) is 51.8 Å². The third-order valence-corrected chi connectivity index (χ3v) is 4.98. The fourth-order valence-electron chi connectivity index (χ4n) is 3.90. The molecule has 0 aromatic carbocycles. The van der Waals surface area contributed by atoms with Gasteiger partial charge < -0.3 is 5.32 Å². The maximum atomic E-state index is 3.87. The summed E-state index contributed by atoms with van der Waals surface area (Å²) in [6.07, 6.45) is 7.06. The lowest BCUT2D eigenvalue weighted by Crippen LogP contribution is -2.55. The molecule has 0 radical (unpaired) electrons. The summed E-state index contributed by atoms with van der Waals surface area (Å²) in [5, 5.41) is 3.87. The van der Waals surface area contributed by atoms with Crippen LogP contribution < -0.4 is 5.32 Å². The first-order chi connectivity index (χ1) is 9.62. The second-order valence-corrected chi connectivity index (χ2v) is 10.0. The number of nitrogens with one attached hydrogen (secondary N) is 1. The second-order valence-electron chi connectivity index (χ2n) is 10.0. The fraction of sp³-hybridized carbons (Fsp3) is 1.00. The third-order valence-electron chi connectivity index (χ3n) is 4.98. The van der Waals surface area contributed by atoms with Gasteiger partial charge in [-0.1, -0.05) is 48.0 Å². The Morgan fingerprint density at radius 3 is 2.10 bits per heavy atom. The van der Waals surface area contributed by atoms with Crippen molar-refractivity contribution in [3.63, 3.8) is 0 Å². The number of rotatable bonds is 4. The highest BCUT2D eigenvalue weighted by Gasteiger charge is 2.35. The van der Waals surface area contributed by atoms with Gasteiger partial charge in [-0.3, -0.25) is 4.90 Å². The minimum Gasteiger partial charge on any atom is -0.312 e. The Balaban J connectivity index is 1.92. The quantitative estimate of drug-likeness (QED) is 0.831. The van der Waals surface area contributed by atoms with Crippen molar-refractivity contribution in [3.8, 4) is 0 Å². The van der Waals surface area contributed by atoms with E-state index < -0.39 is 0 Å². The van der Waals surface area contributed by atoms with Crippen LogP contribution in [0.3, 0.4) is 0 Å². The maximum Gasteiger partial charge on any atom is 0.0198 e. The van der Waals surface area contributed by atoms with Gasteiger partial charge in [0.1, 0.15) is 0 Å². The summed E-state index contributed by atoms with van der Waals surface area (Å²) >= 11 is 0. The molecule has 1 saturated heterocycles. The molecular weight excluding hydrogens is 256 g/mol. The van der Waals surface area contributed by atoms with Crippen molar-refractivity contribution in [2.45, 2.75) is 85.7 Å². The molecule has 2 atom stereocenters. The molecule has 0 spiro atoms. The van der Waals surface area contributed by atoms with E-state index in [9.17, 15) is 0 Å². The zero-order valence-electron chi connectivity index (χ0n) is 15.3. The fourth-order valence-corrected chi connectivity index (χ4v) is 3.90. The van der Waals surface area contributed by atoms with Crippen LogP contribution >= 0.6 is 0 Å². The summed E-state index contributed by atoms with van der Waals surface area (Å²) in [6, 6.07) is 1.60. The summed E-state index contributed by atoms with van der Waals surface area (Å²) in [4.78, 5) is 2.81. The van der Waals surface area contributed by atoms with Crippen LogP contribution in [0.5, 0.6) is 0 Å². The Labute approximate surface area is 133 Å². The van der Waals surface area contributed by atoms with E-state index in [0.29, 0.717) is 16.9 Å².